The number of nitrogen functional groups attached to an aromatic ring is 1. The molecule has 0 unspecified atom stereocenters. The van der Waals surface area contributed by atoms with Gasteiger partial charge < -0.3 is 10.6 Å². The number of benzene rings is 1. The summed E-state index contributed by atoms with van der Waals surface area (Å²) in [5.74, 6) is 0. The van der Waals surface area contributed by atoms with Crippen molar-refractivity contribution in [2.75, 3.05) is 23.7 Å². The number of nitrogens with zero attached hydrogens (tertiary/aromatic N) is 1. The van der Waals surface area contributed by atoms with E-state index in [-0.39, 0.29) is 0 Å². The average molecular weight is 216 g/mol. The first kappa shape index (κ1) is 10.0. The van der Waals surface area contributed by atoms with Crippen molar-refractivity contribution in [3.63, 3.8) is 0 Å². The lowest BCUT2D eigenvalue weighted by Crippen LogP contribution is -2.55. The number of anilines is 2. The van der Waals surface area contributed by atoms with Crippen molar-refractivity contribution in [3.8, 4) is 0 Å². The molecule has 2 fully saturated rings. The Morgan fingerprint density at radius 1 is 1.19 bits per heavy atom. The van der Waals surface area contributed by atoms with Gasteiger partial charge in [0.05, 0.1) is 11.4 Å². The summed E-state index contributed by atoms with van der Waals surface area (Å²) in [7, 11) is 0. The molecule has 0 radical (unpaired) electrons. The van der Waals surface area contributed by atoms with Gasteiger partial charge in [-0.1, -0.05) is 18.9 Å². The first-order valence-corrected chi connectivity index (χ1v) is 6.30. The molecule has 2 heteroatoms. The van der Waals surface area contributed by atoms with E-state index in [2.05, 4.69) is 30.0 Å². The maximum Gasteiger partial charge on any atom is 0.0600 e. The third kappa shape index (κ3) is 1.48. The molecule has 2 aliphatic rings. The summed E-state index contributed by atoms with van der Waals surface area (Å²) in [6.45, 7) is 4.54. The highest BCUT2D eigenvalue weighted by atomic mass is 15.2. The molecule has 86 valence electrons. The lowest BCUT2D eigenvalue weighted by atomic mass is 9.78. The number of hydrogen-bond acceptors (Lipinski definition) is 2. The van der Waals surface area contributed by atoms with E-state index in [4.69, 9.17) is 5.73 Å². The van der Waals surface area contributed by atoms with Gasteiger partial charge in [0, 0.05) is 18.5 Å². The predicted octanol–water partition coefficient (Wildman–Crippen LogP) is 2.96. The first-order valence-electron chi connectivity index (χ1n) is 6.30. The Balaban J connectivity index is 1.76. The van der Waals surface area contributed by atoms with Crippen molar-refractivity contribution in [1.29, 1.82) is 0 Å². The lowest BCUT2D eigenvalue weighted by Gasteiger charge is -2.50. The second-order valence-corrected chi connectivity index (χ2v) is 5.63. The Morgan fingerprint density at radius 2 is 1.88 bits per heavy atom. The van der Waals surface area contributed by atoms with Crippen LogP contribution in [0.25, 0.3) is 0 Å². The van der Waals surface area contributed by atoms with Gasteiger partial charge >= 0.3 is 0 Å². The minimum absolute atomic E-state index is 0.650. The molecular weight excluding hydrogens is 196 g/mol. The molecule has 1 spiro atoms. The Labute approximate surface area is 97.4 Å². The molecule has 1 saturated carbocycles. The van der Waals surface area contributed by atoms with Gasteiger partial charge in [-0.25, -0.2) is 0 Å². The van der Waals surface area contributed by atoms with Gasteiger partial charge in [-0.15, -0.1) is 0 Å². The third-order valence-electron chi connectivity index (χ3n) is 4.24. The molecule has 0 bridgehead atoms. The molecule has 1 aromatic carbocycles. The van der Waals surface area contributed by atoms with Crippen molar-refractivity contribution in [3.05, 3.63) is 23.8 Å². The van der Waals surface area contributed by atoms with E-state index in [1.54, 1.807) is 0 Å². The van der Waals surface area contributed by atoms with Crippen LogP contribution in [0, 0.1) is 12.3 Å². The van der Waals surface area contributed by atoms with E-state index < -0.39 is 0 Å². The van der Waals surface area contributed by atoms with Gasteiger partial charge in [0.15, 0.2) is 0 Å². The fraction of sp³-hybridized carbons (Fsp3) is 0.571. The quantitative estimate of drug-likeness (QED) is 0.731. The Bertz CT molecular complexity index is 397. The summed E-state index contributed by atoms with van der Waals surface area (Å²) in [6, 6.07) is 6.41. The Kier molecular flexibility index (Phi) is 2.13. The highest BCUT2D eigenvalue weighted by molar-refractivity contribution is 5.69. The second kappa shape index (κ2) is 3.41. The minimum atomic E-state index is 0.650. The Hall–Kier alpha value is -1.18. The zero-order valence-corrected chi connectivity index (χ0v) is 10.00. The molecule has 16 heavy (non-hydrogen) atoms. The van der Waals surface area contributed by atoms with Crippen LogP contribution in [0.2, 0.25) is 0 Å². The van der Waals surface area contributed by atoms with Crippen LogP contribution in [0.1, 0.15) is 31.2 Å². The molecule has 1 aliphatic carbocycles. The fourth-order valence-electron chi connectivity index (χ4n) is 3.34. The maximum absolute atomic E-state index is 6.08. The van der Waals surface area contributed by atoms with Crippen molar-refractivity contribution >= 4 is 11.4 Å². The zero-order chi connectivity index (χ0) is 11.2. The van der Waals surface area contributed by atoms with Crippen molar-refractivity contribution in [2.45, 2.75) is 32.6 Å². The van der Waals surface area contributed by atoms with E-state index >= 15 is 0 Å². The van der Waals surface area contributed by atoms with Gasteiger partial charge in [0.25, 0.3) is 0 Å². The number of aryl methyl sites for hydroxylation is 1. The highest BCUT2D eigenvalue weighted by Gasteiger charge is 2.44. The molecule has 2 nitrogen and oxygen atoms in total. The van der Waals surface area contributed by atoms with E-state index in [0.717, 1.165) is 5.69 Å². The van der Waals surface area contributed by atoms with Gasteiger partial charge in [0.1, 0.15) is 0 Å². The lowest BCUT2D eigenvalue weighted by molar-refractivity contribution is 0.222. The molecule has 0 atom stereocenters. The van der Waals surface area contributed by atoms with Crippen LogP contribution in [0.15, 0.2) is 18.2 Å². The van der Waals surface area contributed by atoms with Crippen LogP contribution >= 0.6 is 0 Å². The predicted molar refractivity (Wildman–Crippen MR) is 68.7 cm³/mol. The van der Waals surface area contributed by atoms with E-state index in [1.165, 1.54) is 50.0 Å². The van der Waals surface area contributed by atoms with Crippen LogP contribution in [0.5, 0.6) is 0 Å². The normalized spacial score (nSPS) is 22.4. The first-order chi connectivity index (χ1) is 7.69. The minimum Gasteiger partial charge on any atom is -0.397 e. The average Bonchev–Trinajstić information content (AvgIpc) is 2.65. The summed E-state index contributed by atoms with van der Waals surface area (Å²) in [5, 5.41) is 0. The molecule has 3 rings (SSSR count). The van der Waals surface area contributed by atoms with Crippen LogP contribution in [0.3, 0.4) is 0 Å². The summed E-state index contributed by atoms with van der Waals surface area (Å²) < 4.78 is 0. The van der Waals surface area contributed by atoms with Crippen LogP contribution in [-0.2, 0) is 0 Å². The molecule has 2 N–H and O–H groups in total. The maximum atomic E-state index is 6.08. The second-order valence-electron chi connectivity index (χ2n) is 5.63. The third-order valence-corrected chi connectivity index (χ3v) is 4.24. The largest absolute Gasteiger partial charge is 0.397 e. The monoisotopic (exact) mass is 216 g/mol. The summed E-state index contributed by atoms with van der Waals surface area (Å²) >= 11 is 0. The summed E-state index contributed by atoms with van der Waals surface area (Å²) in [6.07, 6.45) is 5.71. The molecule has 1 aromatic rings. The summed E-state index contributed by atoms with van der Waals surface area (Å²) in [5.41, 5.74) is 10.2. The van der Waals surface area contributed by atoms with Gasteiger partial charge in [-0.05, 0) is 37.5 Å². The van der Waals surface area contributed by atoms with E-state index in [1.807, 2.05) is 0 Å². The van der Waals surface area contributed by atoms with Crippen molar-refractivity contribution in [2.24, 2.45) is 5.41 Å². The van der Waals surface area contributed by atoms with Crippen LogP contribution in [0.4, 0.5) is 11.4 Å². The van der Waals surface area contributed by atoms with E-state index in [9.17, 15) is 0 Å². The standard InChI is InChI=1S/C14H20N2/c1-11-4-5-13(12(15)8-11)16-9-14(10-16)6-2-3-7-14/h4-5,8H,2-3,6-7,9-10,15H2,1H3. The molecule has 1 aliphatic heterocycles. The highest BCUT2D eigenvalue weighted by Crippen LogP contribution is 2.47. The molecular formula is C14H20N2. The summed E-state index contributed by atoms with van der Waals surface area (Å²) in [4.78, 5) is 2.44. The van der Waals surface area contributed by atoms with Gasteiger partial charge in [-0.2, -0.15) is 0 Å². The van der Waals surface area contributed by atoms with Crippen molar-refractivity contribution in [1.82, 2.24) is 0 Å². The van der Waals surface area contributed by atoms with Gasteiger partial charge in [0.2, 0.25) is 0 Å². The zero-order valence-electron chi connectivity index (χ0n) is 10.00. The smallest absolute Gasteiger partial charge is 0.0600 e. The molecule has 0 amide bonds. The Morgan fingerprint density at radius 3 is 2.50 bits per heavy atom. The van der Waals surface area contributed by atoms with Gasteiger partial charge in [-0.3, -0.25) is 0 Å². The fourth-order valence-corrected chi connectivity index (χ4v) is 3.34. The van der Waals surface area contributed by atoms with E-state index in [0.29, 0.717) is 5.41 Å². The SMILES string of the molecule is Cc1ccc(N2CC3(CCCC3)C2)c(N)c1. The number of hydrogen-bond donors (Lipinski definition) is 1. The van der Waals surface area contributed by atoms with Crippen LogP contribution in [-0.4, -0.2) is 13.1 Å². The number of nitrogens with two attached hydrogens (primary N) is 1. The number of rotatable bonds is 1. The molecule has 1 saturated heterocycles. The van der Waals surface area contributed by atoms with Crippen molar-refractivity contribution < 1.29 is 0 Å². The molecule has 1 heterocycles. The molecule has 0 aromatic heterocycles. The topological polar surface area (TPSA) is 29.3 Å². The van der Waals surface area contributed by atoms with Crippen LogP contribution < -0.4 is 10.6 Å².